The monoisotopic (exact) mass is 273 g/mol. The minimum Gasteiger partial charge on any atom is -0.508 e. The van der Waals surface area contributed by atoms with Gasteiger partial charge in [-0.3, -0.25) is 5.10 Å². The highest BCUT2D eigenvalue weighted by molar-refractivity contribution is 5.44. The first-order chi connectivity index (χ1) is 9.74. The lowest BCUT2D eigenvalue weighted by Crippen LogP contribution is -2.23. The fourth-order valence-corrected chi connectivity index (χ4v) is 2.55. The van der Waals surface area contributed by atoms with Crippen LogP contribution in [0.3, 0.4) is 0 Å². The fraction of sp³-hybridized carbons (Fsp3) is 0.400. The number of fused-ring (bicyclic) bond motifs is 1. The summed E-state index contributed by atoms with van der Waals surface area (Å²) in [4.78, 5) is 0. The number of ether oxygens (including phenoxy) is 1. The second kappa shape index (κ2) is 5.54. The van der Waals surface area contributed by atoms with Gasteiger partial charge in [0.1, 0.15) is 18.1 Å². The molecular weight excluding hydrogens is 254 g/mol. The van der Waals surface area contributed by atoms with E-state index in [1.54, 1.807) is 12.1 Å². The van der Waals surface area contributed by atoms with Crippen LogP contribution in [0.4, 0.5) is 0 Å². The molecule has 0 fully saturated rings. The second-order valence-corrected chi connectivity index (χ2v) is 5.16. The van der Waals surface area contributed by atoms with Crippen molar-refractivity contribution in [2.75, 3.05) is 13.2 Å². The minimum atomic E-state index is 0.219. The Bertz CT molecular complexity index is 595. The van der Waals surface area contributed by atoms with E-state index in [9.17, 15) is 5.11 Å². The van der Waals surface area contributed by atoms with Crippen LogP contribution >= 0.6 is 0 Å². The van der Waals surface area contributed by atoms with Gasteiger partial charge in [-0.2, -0.15) is 5.10 Å². The van der Waals surface area contributed by atoms with Crippen LogP contribution in [-0.4, -0.2) is 28.5 Å². The molecule has 5 heteroatoms. The van der Waals surface area contributed by atoms with Gasteiger partial charge in [-0.15, -0.1) is 0 Å². The largest absolute Gasteiger partial charge is 0.508 e. The summed E-state index contributed by atoms with van der Waals surface area (Å²) in [6, 6.07) is 5.52. The average molecular weight is 273 g/mol. The number of rotatable bonds is 5. The number of aryl methyl sites for hydroxylation is 2. The van der Waals surface area contributed by atoms with Gasteiger partial charge in [0.2, 0.25) is 0 Å². The molecule has 0 bridgehead atoms. The number of aromatic nitrogens is 2. The number of aromatic amines is 1. The maximum absolute atomic E-state index is 9.42. The summed E-state index contributed by atoms with van der Waals surface area (Å²) in [5.74, 6) is 1.04. The first-order valence-corrected chi connectivity index (χ1v) is 6.92. The van der Waals surface area contributed by atoms with Crippen LogP contribution in [0.2, 0.25) is 0 Å². The number of hydrogen-bond donors (Lipinski definition) is 3. The molecule has 106 valence electrons. The van der Waals surface area contributed by atoms with E-state index < -0.39 is 0 Å². The van der Waals surface area contributed by atoms with E-state index in [0.717, 1.165) is 36.4 Å². The Labute approximate surface area is 118 Å². The van der Waals surface area contributed by atoms with Gasteiger partial charge in [0.25, 0.3) is 0 Å². The molecule has 0 radical (unpaired) electrons. The zero-order valence-corrected chi connectivity index (χ0v) is 11.5. The van der Waals surface area contributed by atoms with Crippen LogP contribution in [0.1, 0.15) is 29.3 Å². The van der Waals surface area contributed by atoms with Crippen LogP contribution in [0, 0.1) is 6.92 Å². The Morgan fingerprint density at radius 3 is 3.20 bits per heavy atom. The summed E-state index contributed by atoms with van der Waals surface area (Å²) in [5, 5.41) is 19.9. The molecule has 1 aromatic heterocycles. The standard InChI is InChI=1S/C15H19N3O2/c1-10-11(8-17-18-10)3-2-6-16-14-9-20-15-7-12(19)4-5-13(14)15/h4-5,7-8,14,16,19H,2-3,6,9H2,1H3,(H,17,18). The molecule has 0 aliphatic carbocycles. The number of nitrogens with one attached hydrogen (secondary N) is 2. The Kier molecular flexibility index (Phi) is 3.60. The number of phenols is 1. The highest BCUT2D eigenvalue weighted by Crippen LogP contribution is 2.34. The third kappa shape index (κ3) is 2.63. The van der Waals surface area contributed by atoms with Crippen molar-refractivity contribution < 1.29 is 9.84 Å². The first-order valence-electron chi connectivity index (χ1n) is 6.92. The summed E-state index contributed by atoms with van der Waals surface area (Å²) in [6.07, 6.45) is 3.97. The molecule has 1 unspecified atom stereocenters. The van der Waals surface area contributed by atoms with Gasteiger partial charge in [-0.1, -0.05) is 0 Å². The van der Waals surface area contributed by atoms with Crippen LogP contribution in [-0.2, 0) is 6.42 Å². The Balaban J connectivity index is 1.50. The lowest BCUT2D eigenvalue weighted by atomic mass is 10.1. The number of hydrogen-bond acceptors (Lipinski definition) is 4. The molecule has 1 aliphatic rings. The molecule has 1 aliphatic heterocycles. The molecule has 2 aromatic rings. The summed E-state index contributed by atoms with van der Waals surface area (Å²) in [5.41, 5.74) is 3.55. The van der Waals surface area contributed by atoms with Crippen molar-refractivity contribution in [2.24, 2.45) is 0 Å². The second-order valence-electron chi connectivity index (χ2n) is 5.16. The number of aromatic hydroxyl groups is 1. The van der Waals surface area contributed by atoms with Crippen LogP contribution < -0.4 is 10.1 Å². The summed E-state index contributed by atoms with van der Waals surface area (Å²) in [6.45, 7) is 3.60. The van der Waals surface area contributed by atoms with Crippen molar-refractivity contribution in [3.63, 3.8) is 0 Å². The third-order valence-electron chi connectivity index (χ3n) is 3.73. The van der Waals surface area contributed by atoms with E-state index in [4.69, 9.17) is 4.74 Å². The number of nitrogens with zero attached hydrogens (tertiary/aromatic N) is 1. The highest BCUT2D eigenvalue weighted by Gasteiger charge is 2.23. The predicted octanol–water partition coefficient (Wildman–Crippen LogP) is 2.08. The van der Waals surface area contributed by atoms with Crippen LogP contribution in [0.25, 0.3) is 0 Å². The Hall–Kier alpha value is -2.01. The van der Waals surface area contributed by atoms with Gasteiger partial charge in [0, 0.05) is 17.3 Å². The van der Waals surface area contributed by atoms with Crippen molar-refractivity contribution in [3.05, 3.63) is 41.2 Å². The van der Waals surface area contributed by atoms with E-state index in [2.05, 4.69) is 15.5 Å². The molecule has 5 nitrogen and oxygen atoms in total. The predicted molar refractivity (Wildman–Crippen MR) is 76.0 cm³/mol. The quantitative estimate of drug-likeness (QED) is 0.729. The van der Waals surface area contributed by atoms with Crippen molar-refractivity contribution >= 4 is 0 Å². The third-order valence-corrected chi connectivity index (χ3v) is 3.73. The zero-order valence-electron chi connectivity index (χ0n) is 11.5. The maximum Gasteiger partial charge on any atom is 0.127 e. The van der Waals surface area contributed by atoms with E-state index in [0.29, 0.717) is 6.61 Å². The van der Waals surface area contributed by atoms with E-state index in [-0.39, 0.29) is 11.8 Å². The zero-order chi connectivity index (χ0) is 13.9. The topological polar surface area (TPSA) is 70.2 Å². The minimum absolute atomic E-state index is 0.219. The molecular formula is C15H19N3O2. The van der Waals surface area contributed by atoms with Gasteiger partial charge < -0.3 is 15.2 Å². The molecule has 3 rings (SSSR count). The molecule has 0 saturated heterocycles. The van der Waals surface area contributed by atoms with Gasteiger partial charge in [-0.05, 0) is 44.0 Å². The summed E-state index contributed by atoms with van der Waals surface area (Å²) >= 11 is 0. The molecule has 0 saturated carbocycles. The molecule has 0 amide bonds. The van der Waals surface area contributed by atoms with Crippen LogP contribution in [0.5, 0.6) is 11.5 Å². The summed E-state index contributed by atoms with van der Waals surface area (Å²) in [7, 11) is 0. The smallest absolute Gasteiger partial charge is 0.127 e. The van der Waals surface area contributed by atoms with Crippen molar-refractivity contribution in [1.82, 2.24) is 15.5 Å². The molecule has 2 heterocycles. The Morgan fingerprint density at radius 1 is 1.50 bits per heavy atom. The first kappa shape index (κ1) is 13.0. The van der Waals surface area contributed by atoms with E-state index >= 15 is 0 Å². The Morgan fingerprint density at radius 2 is 2.40 bits per heavy atom. The average Bonchev–Trinajstić information content (AvgIpc) is 3.01. The molecule has 1 atom stereocenters. The number of H-pyrrole nitrogens is 1. The fourth-order valence-electron chi connectivity index (χ4n) is 2.55. The SMILES string of the molecule is Cc1[nH]ncc1CCCNC1COc2cc(O)ccc21. The normalized spacial score (nSPS) is 16.9. The lowest BCUT2D eigenvalue weighted by Gasteiger charge is -2.11. The van der Waals surface area contributed by atoms with E-state index in [1.807, 2.05) is 19.2 Å². The van der Waals surface area contributed by atoms with Crippen molar-refractivity contribution in [2.45, 2.75) is 25.8 Å². The highest BCUT2D eigenvalue weighted by atomic mass is 16.5. The summed E-state index contributed by atoms with van der Waals surface area (Å²) < 4.78 is 5.58. The van der Waals surface area contributed by atoms with Gasteiger partial charge >= 0.3 is 0 Å². The lowest BCUT2D eigenvalue weighted by molar-refractivity contribution is 0.310. The van der Waals surface area contributed by atoms with Crippen LogP contribution in [0.15, 0.2) is 24.4 Å². The number of benzene rings is 1. The van der Waals surface area contributed by atoms with Gasteiger partial charge in [0.15, 0.2) is 0 Å². The van der Waals surface area contributed by atoms with Gasteiger partial charge in [0.05, 0.1) is 12.2 Å². The molecule has 20 heavy (non-hydrogen) atoms. The van der Waals surface area contributed by atoms with Crippen molar-refractivity contribution in [3.8, 4) is 11.5 Å². The molecule has 0 spiro atoms. The number of phenolic OH excluding ortho intramolecular Hbond substituents is 1. The van der Waals surface area contributed by atoms with E-state index in [1.165, 1.54) is 5.56 Å². The van der Waals surface area contributed by atoms with Gasteiger partial charge in [-0.25, -0.2) is 0 Å². The van der Waals surface area contributed by atoms with Crippen molar-refractivity contribution in [1.29, 1.82) is 0 Å². The molecule has 1 aromatic carbocycles. The molecule has 3 N–H and O–H groups in total. The maximum atomic E-state index is 9.42.